The van der Waals surface area contributed by atoms with E-state index < -0.39 is 5.41 Å². The van der Waals surface area contributed by atoms with Crippen LogP contribution in [0.3, 0.4) is 0 Å². The van der Waals surface area contributed by atoms with Gasteiger partial charge in [-0.15, -0.1) is 5.06 Å². The number of hydrogen-bond acceptors (Lipinski definition) is 5. The molecule has 2 aromatic rings. The second-order valence-corrected chi connectivity index (χ2v) is 7.48. The molecule has 2 heterocycles. The molecule has 1 aromatic carbocycles. The van der Waals surface area contributed by atoms with Crippen LogP contribution in [0.1, 0.15) is 26.5 Å². The molecule has 5 nitrogen and oxygen atoms in total. The van der Waals surface area contributed by atoms with Crippen molar-refractivity contribution in [2.75, 3.05) is 13.1 Å². The Morgan fingerprint density at radius 3 is 2.83 bits per heavy atom. The maximum absolute atomic E-state index is 12.0. The van der Waals surface area contributed by atoms with Crippen molar-refractivity contribution >= 4 is 38.4 Å². The predicted octanol–water partition coefficient (Wildman–Crippen LogP) is 3.60. The van der Waals surface area contributed by atoms with Crippen LogP contribution >= 0.6 is 15.9 Å². The van der Waals surface area contributed by atoms with Gasteiger partial charge < -0.3 is 4.84 Å². The highest BCUT2D eigenvalue weighted by atomic mass is 79.9. The van der Waals surface area contributed by atoms with E-state index in [9.17, 15) is 4.79 Å². The summed E-state index contributed by atoms with van der Waals surface area (Å²) in [5.41, 5.74) is 2.29. The SMILES string of the molecule is CC(C)(C)C(=O)ON1CC=C(c2ncnc3ccc(Br)cc23)C1. The first-order valence-electron chi connectivity index (χ1n) is 7.41. The Labute approximate surface area is 143 Å². The number of nitrogens with zero attached hydrogens (tertiary/aromatic N) is 3. The van der Waals surface area contributed by atoms with Crippen molar-refractivity contribution in [3.63, 3.8) is 0 Å². The van der Waals surface area contributed by atoms with E-state index in [2.05, 4.69) is 25.9 Å². The second-order valence-electron chi connectivity index (χ2n) is 6.56. The Hall–Kier alpha value is -1.79. The maximum Gasteiger partial charge on any atom is 0.330 e. The molecule has 120 valence electrons. The summed E-state index contributed by atoms with van der Waals surface area (Å²) in [6.45, 7) is 6.62. The molecule has 0 amide bonds. The molecule has 0 N–H and O–H groups in total. The zero-order valence-corrected chi connectivity index (χ0v) is 14.9. The molecule has 0 spiro atoms. The van der Waals surface area contributed by atoms with Crippen molar-refractivity contribution in [2.24, 2.45) is 5.41 Å². The molecule has 3 rings (SSSR count). The van der Waals surface area contributed by atoms with Gasteiger partial charge in [0.15, 0.2) is 0 Å². The Morgan fingerprint density at radius 1 is 1.30 bits per heavy atom. The van der Waals surface area contributed by atoms with Crippen LogP contribution in [0.5, 0.6) is 0 Å². The van der Waals surface area contributed by atoms with E-state index in [4.69, 9.17) is 4.84 Å². The molecule has 0 bridgehead atoms. The van der Waals surface area contributed by atoms with Gasteiger partial charge in [0.25, 0.3) is 0 Å². The molecule has 1 aliphatic rings. The number of fused-ring (bicyclic) bond motifs is 1. The minimum absolute atomic E-state index is 0.234. The van der Waals surface area contributed by atoms with Crippen LogP contribution in [0.25, 0.3) is 16.5 Å². The van der Waals surface area contributed by atoms with Crippen molar-refractivity contribution in [2.45, 2.75) is 20.8 Å². The molecule has 1 aliphatic heterocycles. The summed E-state index contributed by atoms with van der Waals surface area (Å²) in [6, 6.07) is 5.92. The smallest absolute Gasteiger partial charge is 0.330 e. The number of hydrogen-bond donors (Lipinski definition) is 0. The van der Waals surface area contributed by atoms with E-state index in [-0.39, 0.29) is 5.97 Å². The topological polar surface area (TPSA) is 55.3 Å². The first-order valence-corrected chi connectivity index (χ1v) is 8.21. The van der Waals surface area contributed by atoms with Gasteiger partial charge in [0.05, 0.1) is 29.7 Å². The predicted molar refractivity (Wildman–Crippen MR) is 92.3 cm³/mol. The summed E-state index contributed by atoms with van der Waals surface area (Å²) in [5, 5.41) is 2.64. The first kappa shape index (κ1) is 16.1. The number of hydroxylamine groups is 2. The average molecular weight is 376 g/mol. The lowest BCUT2D eigenvalue weighted by atomic mass is 9.98. The van der Waals surface area contributed by atoms with E-state index in [0.29, 0.717) is 13.1 Å². The lowest BCUT2D eigenvalue weighted by Crippen LogP contribution is -2.32. The highest BCUT2D eigenvalue weighted by molar-refractivity contribution is 9.10. The number of rotatable bonds is 2. The number of carbonyl (C=O) groups is 1. The highest BCUT2D eigenvalue weighted by Gasteiger charge is 2.28. The molecular weight excluding hydrogens is 358 g/mol. The van der Waals surface area contributed by atoms with E-state index in [0.717, 1.165) is 26.6 Å². The summed E-state index contributed by atoms with van der Waals surface area (Å²) in [4.78, 5) is 26.2. The fourth-order valence-electron chi connectivity index (χ4n) is 2.31. The number of benzene rings is 1. The van der Waals surface area contributed by atoms with Gasteiger partial charge in [0, 0.05) is 9.86 Å². The van der Waals surface area contributed by atoms with Gasteiger partial charge in [-0.25, -0.2) is 14.8 Å². The zero-order valence-electron chi connectivity index (χ0n) is 13.3. The molecular formula is C17H18BrN3O2. The number of halogens is 1. The largest absolute Gasteiger partial charge is 0.367 e. The lowest BCUT2D eigenvalue weighted by Gasteiger charge is -2.22. The summed E-state index contributed by atoms with van der Waals surface area (Å²) in [5.74, 6) is -0.234. The normalized spacial score (nSPS) is 15.7. The van der Waals surface area contributed by atoms with Crippen LogP contribution < -0.4 is 0 Å². The molecule has 0 radical (unpaired) electrons. The third-order valence-corrected chi connectivity index (χ3v) is 4.11. The fourth-order valence-corrected chi connectivity index (χ4v) is 2.67. The number of aromatic nitrogens is 2. The lowest BCUT2D eigenvalue weighted by molar-refractivity contribution is -0.193. The Morgan fingerprint density at radius 2 is 2.09 bits per heavy atom. The fraction of sp³-hybridized carbons (Fsp3) is 0.353. The average Bonchev–Trinajstić information content (AvgIpc) is 2.94. The van der Waals surface area contributed by atoms with Crippen molar-refractivity contribution < 1.29 is 9.63 Å². The quantitative estimate of drug-likeness (QED) is 0.802. The van der Waals surface area contributed by atoms with Crippen LogP contribution in [-0.2, 0) is 9.63 Å². The Balaban J connectivity index is 1.82. The molecule has 6 heteroatoms. The molecule has 0 unspecified atom stereocenters. The monoisotopic (exact) mass is 375 g/mol. The molecule has 0 fully saturated rings. The van der Waals surface area contributed by atoms with Gasteiger partial charge in [-0.2, -0.15) is 0 Å². The summed E-state index contributed by atoms with van der Waals surface area (Å²) in [7, 11) is 0. The Bertz CT molecular complexity index is 796. The third kappa shape index (κ3) is 3.43. The van der Waals surface area contributed by atoms with Gasteiger partial charge in [-0.3, -0.25) is 0 Å². The van der Waals surface area contributed by atoms with Crippen LogP contribution in [0.4, 0.5) is 0 Å². The minimum atomic E-state index is -0.519. The van der Waals surface area contributed by atoms with Crippen LogP contribution in [0, 0.1) is 5.41 Å². The van der Waals surface area contributed by atoms with E-state index in [1.54, 1.807) is 11.4 Å². The van der Waals surface area contributed by atoms with Crippen LogP contribution in [0.15, 0.2) is 35.1 Å². The van der Waals surface area contributed by atoms with Crippen molar-refractivity contribution in [3.8, 4) is 0 Å². The van der Waals surface area contributed by atoms with E-state index >= 15 is 0 Å². The van der Waals surface area contributed by atoms with Gasteiger partial charge in [-0.1, -0.05) is 22.0 Å². The Kier molecular flexibility index (Phi) is 4.21. The molecule has 1 aromatic heterocycles. The molecule has 0 saturated carbocycles. The molecule has 23 heavy (non-hydrogen) atoms. The van der Waals surface area contributed by atoms with Crippen LogP contribution in [-0.4, -0.2) is 34.1 Å². The third-order valence-electron chi connectivity index (χ3n) is 3.61. The summed E-state index contributed by atoms with van der Waals surface area (Å²) >= 11 is 3.49. The standard InChI is InChI=1S/C17H18BrN3O2/c1-17(2,3)16(22)23-21-7-6-11(9-21)15-13-8-12(18)4-5-14(13)19-10-20-15/h4-6,8,10H,7,9H2,1-3H3. The van der Waals surface area contributed by atoms with Gasteiger partial charge in [-0.05, 0) is 44.5 Å². The first-order chi connectivity index (χ1) is 10.8. The molecule has 0 atom stereocenters. The molecule has 0 saturated heterocycles. The van der Waals surface area contributed by atoms with Gasteiger partial charge >= 0.3 is 5.97 Å². The van der Waals surface area contributed by atoms with E-state index in [1.807, 2.05) is 45.0 Å². The van der Waals surface area contributed by atoms with Crippen molar-refractivity contribution in [1.29, 1.82) is 0 Å². The highest BCUT2D eigenvalue weighted by Crippen LogP contribution is 2.28. The van der Waals surface area contributed by atoms with Gasteiger partial charge in [0.2, 0.25) is 0 Å². The maximum atomic E-state index is 12.0. The van der Waals surface area contributed by atoms with Crippen molar-refractivity contribution in [1.82, 2.24) is 15.0 Å². The second kappa shape index (κ2) is 6.02. The summed E-state index contributed by atoms with van der Waals surface area (Å²) < 4.78 is 0.982. The molecule has 0 aliphatic carbocycles. The van der Waals surface area contributed by atoms with Crippen LogP contribution in [0.2, 0.25) is 0 Å². The van der Waals surface area contributed by atoms with E-state index in [1.165, 1.54) is 0 Å². The number of carbonyl (C=O) groups excluding carboxylic acids is 1. The van der Waals surface area contributed by atoms with Gasteiger partial charge in [0.1, 0.15) is 6.33 Å². The minimum Gasteiger partial charge on any atom is -0.367 e. The van der Waals surface area contributed by atoms with Crippen molar-refractivity contribution in [3.05, 3.63) is 40.8 Å². The zero-order chi connectivity index (χ0) is 16.6. The summed E-state index contributed by atoms with van der Waals surface area (Å²) in [6.07, 6.45) is 3.61.